The Morgan fingerprint density at radius 2 is 2.11 bits per heavy atom. The zero-order chi connectivity index (χ0) is 19.8. The Labute approximate surface area is 168 Å². The number of amides is 2. The Hall–Kier alpha value is -2.91. The fourth-order valence-electron chi connectivity index (χ4n) is 2.88. The fraction of sp³-hybridized carbons (Fsp3) is 0.158. The zero-order valence-corrected chi connectivity index (χ0v) is 16.6. The van der Waals surface area contributed by atoms with E-state index in [1.165, 1.54) is 22.1 Å². The number of aromatic nitrogens is 2. The van der Waals surface area contributed by atoms with Crippen LogP contribution in [0.25, 0.3) is 16.2 Å². The van der Waals surface area contributed by atoms with E-state index in [2.05, 4.69) is 10.4 Å². The van der Waals surface area contributed by atoms with Gasteiger partial charge in [0.2, 0.25) is 11.7 Å². The molecule has 0 unspecified atom stereocenters. The molecule has 0 atom stereocenters. The Morgan fingerprint density at radius 1 is 1.32 bits per heavy atom. The van der Waals surface area contributed by atoms with E-state index in [4.69, 9.17) is 4.74 Å². The van der Waals surface area contributed by atoms with Crippen LogP contribution >= 0.6 is 23.1 Å². The number of aryl methyl sites for hydroxylation is 2. The number of nitrogens with zero attached hydrogens (tertiary/aromatic N) is 2. The first-order valence-electron chi connectivity index (χ1n) is 8.35. The van der Waals surface area contributed by atoms with Crippen molar-refractivity contribution in [3.05, 3.63) is 51.4 Å². The van der Waals surface area contributed by atoms with Gasteiger partial charge in [0.1, 0.15) is 0 Å². The van der Waals surface area contributed by atoms with Crippen LogP contribution < -0.4 is 10.1 Å². The summed E-state index contributed by atoms with van der Waals surface area (Å²) in [5, 5.41) is 7.10. The lowest BCUT2D eigenvalue weighted by Gasteiger charge is -2.04. The van der Waals surface area contributed by atoms with Crippen LogP contribution in [-0.2, 0) is 11.8 Å². The normalized spacial score (nSPS) is 15.4. The van der Waals surface area contributed by atoms with E-state index < -0.39 is 11.1 Å². The van der Waals surface area contributed by atoms with Crippen molar-refractivity contribution < 1.29 is 19.1 Å². The number of ether oxygens (including phenoxy) is 1. The smallest absolute Gasteiger partial charge is 0.290 e. The Morgan fingerprint density at radius 3 is 2.82 bits per heavy atom. The van der Waals surface area contributed by atoms with Crippen molar-refractivity contribution >= 4 is 56.2 Å². The molecule has 3 aromatic rings. The van der Waals surface area contributed by atoms with Crippen LogP contribution in [0.3, 0.4) is 0 Å². The molecule has 1 aromatic carbocycles. The van der Waals surface area contributed by atoms with E-state index >= 15 is 0 Å². The summed E-state index contributed by atoms with van der Waals surface area (Å²) in [6, 6.07) is 9.52. The molecule has 0 aliphatic carbocycles. The summed E-state index contributed by atoms with van der Waals surface area (Å²) >= 11 is 2.28. The molecule has 28 heavy (non-hydrogen) atoms. The monoisotopic (exact) mass is 413 g/mol. The lowest BCUT2D eigenvalue weighted by Crippen LogP contribution is -2.17. The molecule has 9 heteroatoms. The maximum atomic E-state index is 12.6. The van der Waals surface area contributed by atoms with Crippen LogP contribution in [-0.4, -0.2) is 33.3 Å². The molecule has 1 aliphatic heterocycles. The molecular formula is C19H15N3O4S2. The second-order valence-corrected chi connectivity index (χ2v) is 8.21. The predicted octanol–water partition coefficient (Wildman–Crippen LogP) is 3.53. The summed E-state index contributed by atoms with van der Waals surface area (Å²) in [5.41, 5.74) is 1.42. The average Bonchev–Trinajstić information content (AvgIpc) is 3.29. The van der Waals surface area contributed by atoms with Gasteiger partial charge in [-0.3, -0.25) is 19.7 Å². The van der Waals surface area contributed by atoms with Gasteiger partial charge < -0.3 is 4.74 Å². The van der Waals surface area contributed by atoms with Gasteiger partial charge in [-0.25, -0.2) is 4.68 Å². The first-order valence-corrected chi connectivity index (χ1v) is 9.98. The highest BCUT2D eigenvalue weighted by Crippen LogP contribution is 2.31. The lowest BCUT2D eigenvalue weighted by atomic mass is 10.1. The third kappa shape index (κ3) is 3.46. The number of imide groups is 1. The third-order valence-corrected chi connectivity index (χ3v) is 6.35. The maximum absolute atomic E-state index is 12.6. The number of fused-ring (bicyclic) bond motifs is 1. The summed E-state index contributed by atoms with van der Waals surface area (Å²) in [5.74, 6) is -0.150. The first kappa shape index (κ1) is 18.5. The number of nitrogens with one attached hydrogen (secondary N) is 1. The Balaban J connectivity index is 1.49. The zero-order valence-electron chi connectivity index (χ0n) is 15.0. The van der Waals surface area contributed by atoms with Crippen molar-refractivity contribution in [3.63, 3.8) is 0 Å². The number of rotatable bonds is 5. The lowest BCUT2D eigenvalue weighted by molar-refractivity contribution is -0.115. The van der Waals surface area contributed by atoms with Crippen LogP contribution in [0.4, 0.5) is 4.79 Å². The third-order valence-electron chi connectivity index (χ3n) is 4.22. The van der Waals surface area contributed by atoms with E-state index in [0.717, 1.165) is 27.4 Å². The van der Waals surface area contributed by atoms with Gasteiger partial charge in [0.25, 0.3) is 11.1 Å². The molecule has 142 valence electrons. The molecule has 1 saturated heterocycles. The van der Waals surface area contributed by atoms with Gasteiger partial charge in [0.05, 0.1) is 15.5 Å². The SMILES string of the molecule is Cc1c(C(=O)COc2cc(/C=C3\SC(=O)NC3=O)nn2C)sc2ccccc12. The summed E-state index contributed by atoms with van der Waals surface area (Å²) in [4.78, 5) is 36.5. The second-order valence-electron chi connectivity index (χ2n) is 6.15. The maximum Gasteiger partial charge on any atom is 0.290 e. The number of hydrogen-bond donors (Lipinski definition) is 1. The minimum Gasteiger partial charge on any atom is -0.469 e. The highest BCUT2D eigenvalue weighted by atomic mass is 32.2. The molecule has 2 aromatic heterocycles. The van der Waals surface area contributed by atoms with E-state index in [-0.39, 0.29) is 17.3 Å². The summed E-state index contributed by atoms with van der Waals surface area (Å²) in [6.07, 6.45) is 1.51. The molecule has 0 saturated carbocycles. The minimum atomic E-state index is -0.446. The van der Waals surface area contributed by atoms with Crippen LogP contribution in [0, 0.1) is 6.92 Å². The van der Waals surface area contributed by atoms with Gasteiger partial charge in [-0.05, 0) is 41.8 Å². The number of ketones is 1. The number of thiophene rings is 1. The standard InChI is InChI=1S/C19H15N3O4S2/c1-10-12-5-3-4-6-14(12)27-17(10)13(23)9-26-16-8-11(21-22(16)2)7-15-18(24)20-19(25)28-15/h3-8H,9H2,1-2H3,(H,20,24,25)/b15-7-. The van der Waals surface area contributed by atoms with Crippen molar-refractivity contribution in [2.45, 2.75) is 6.92 Å². The molecular weight excluding hydrogens is 398 g/mol. The number of carbonyl (C=O) groups excluding carboxylic acids is 3. The molecule has 0 bridgehead atoms. The molecule has 0 spiro atoms. The number of carbonyl (C=O) groups is 3. The van der Waals surface area contributed by atoms with Gasteiger partial charge in [-0.15, -0.1) is 11.3 Å². The number of hydrogen-bond acceptors (Lipinski definition) is 7. The molecule has 1 aliphatic rings. The quantitative estimate of drug-likeness (QED) is 0.508. The van der Waals surface area contributed by atoms with Crippen LogP contribution in [0.15, 0.2) is 35.2 Å². The number of benzene rings is 1. The van der Waals surface area contributed by atoms with Gasteiger partial charge in [-0.2, -0.15) is 5.10 Å². The molecule has 2 amide bonds. The highest BCUT2D eigenvalue weighted by molar-refractivity contribution is 8.18. The van der Waals surface area contributed by atoms with Crippen molar-refractivity contribution in [3.8, 4) is 5.88 Å². The molecule has 7 nitrogen and oxygen atoms in total. The Kier molecular flexibility index (Phi) is 4.78. The Bertz CT molecular complexity index is 1160. The summed E-state index contributed by atoms with van der Waals surface area (Å²) < 4.78 is 8.20. The van der Waals surface area contributed by atoms with Gasteiger partial charge in [0.15, 0.2) is 6.61 Å². The van der Waals surface area contributed by atoms with Crippen LogP contribution in [0.2, 0.25) is 0 Å². The van der Waals surface area contributed by atoms with Crippen LogP contribution in [0.5, 0.6) is 5.88 Å². The average molecular weight is 413 g/mol. The minimum absolute atomic E-state index is 0.101. The van der Waals surface area contributed by atoms with Gasteiger partial charge in [-0.1, -0.05) is 18.2 Å². The van der Waals surface area contributed by atoms with E-state index in [9.17, 15) is 14.4 Å². The van der Waals surface area contributed by atoms with Crippen molar-refractivity contribution in [2.24, 2.45) is 7.05 Å². The largest absolute Gasteiger partial charge is 0.469 e. The second kappa shape index (κ2) is 7.25. The number of thioether (sulfide) groups is 1. The van der Waals surface area contributed by atoms with Crippen LogP contribution in [0.1, 0.15) is 20.9 Å². The van der Waals surface area contributed by atoms with Crippen molar-refractivity contribution in [1.29, 1.82) is 0 Å². The predicted molar refractivity (Wildman–Crippen MR) is 109 cm³/mol. The van der Waals surface area contributed by atoms with Crippen molar-refractivity contribution in [2.75, 3.05) is 6.61 Å². The fourth-order valence-corrected chi connectivity index (χ4v) is 4.68. The number of Topliss-reactive ketones (excluding diaryl/α,β-unsaturated/α-hetero) is 1. The van der Waals surface area contributed by atoms with Gasteiger partial charge >= 0.3 is 0 Å². The van der Waals surface area contributed by atoms with E-state index in [0.29, 0.717) is 16.5 Å². The molecule has 0 radical (unpaired) electrons. The van der Waals surface area contributed by atoms with E-state index in [1.807, 2.05) is 31.2 Å². The summed E-state index contributed by atoms with van der Waals surface area (Å²) in [7, 11) is 1.68. The molecule has 1 fully saturated rings. The topological polar surface area (TPSA) is 90.3 Å². The molecule has 1 N–H and O–H groups in total. The van der Waals surface area contributed by atoms with Gasteiger partial charge in [0, 0.05) is 17.8 Å². The highest BCUT2D eigenvalue weighted by Gasteiger charge is 2.25. The van der Waals surface area contributed by atoms with E-state index in [1.54, 1.807) is 13.1 Å². The molecule has 4 rings (SSSR count). The van der Waals surface area contributed by atoms with Crippen molar-refractivity contribution in [1.82, 2.24) is 15.1 Å². The molecule has 3 heterocycles. The summed E-state index contributed by atoms with van der Waals surface area (Å²) in [6.45, 7) is 1.82. The first-order chi connectivity index (χ1) is 13.4.